The van der Waals surface area contributed by atoms with Crippen molar-refractivity contribution in [2.24, 2.45) is 0 Å². The molecule has 0 radical (unpaired) electrons. The Balaban J connectivity index is 2.23. The van der Waals surface area contributed by atoms with Crippen LogP contribution < -0.4 is 0 Å². The molecular weight excluding hydrogens is 256 g/mol. The molecule has 21 heavy (non-hydrogen) atoms. The predicted octanol–water partition coefficient (Wildman–Crippen LogP) is 4.83. The Morgan fingerprint density at radius 3 is 2.29 bits per heavy atom. The van der Waals surface area contributed by atoms with Crippen molar-refractivity contribution >= 4 is 0 Å². The van der Waals surface area contributed by atoms with Crippen LogP contribution in [0, 0.1) is 22.7 Å². The highest BCUT2D eigenvalue weighted by Crippen LogP contribution is 2.25. The van der Waals surface area contributed by atoms with Gasteiger partial charge in [-0.15, -0.1) is 0 Å². The summed E-state index contributed by atoms with van der Waals surface area (Å²) < 4.78 is 0. The number of rotatable bonds is 5. The van der Waals surface area contributed by atoms with Gasteiger partial charge in [-0.05, 0) is 41.7 Å². The molecule has 0 heterocycles. The lowest BCUT2D eigenvalue weighted by Gasteiger charge is -2.06. The zero-order chi connectivity index (χ0) is 15.1. The summed E-state index contributed by atoms with van der Waals surface area (Å²) >= 11 is 0. The molecule has 2 rings (SSSR count). The summed E-state index contributed by atoms with van der Waals surface area (Å²) in [5.74, 6) is 0. The van der Waals surface area contributed by atoms with E-state index < -0.39 is 0 Å². The fourth-order valence-electron chi connectivity index (χ4n) is 2.39. The van der Waals surface area contributed by atoms with E-state index in [0.29, 0.717) is 11.1 Å². The third kappa shape index (κ3) is 3.71. The summed E-state index contributed by atoms with van der Waals surface area (Å²) in [5, 5.41) is 18.1. The third-order valence-corrected chi connectivity index (χ3v) is 3.60. The molecule has 0 saturated heterocycles. The van der Waals surface area contributed by atoms with Crippen molar-refractivity contribution in [3.05, 3.63) is 59.2 Å². The van der Waals surface area contributed by atoms with Crippen LogP contribution in [-0.2, 0) is 6.42 Å². The molecular formula is C19H18N2. The molecule has 0 N–H and O–H groups in total. The highest BCUT2D eigenvalue weighted by molar-refractivity contribution is 5.71. The first-order valence-corrected chi connectivity index (χ1v) is 7.32. The Morgan fingerprint density at radius 1 is 0.905 bits per heavy atom. The summed E-state index contributed by atoms with van der Waals surface area (Å²) in [6, 6.07) is 17.9. The molecule has 104 valence electrons. The summed E-state index contributed by atoms with van der Waals surface area (Å²) in [6.45, 7) is 2.21. The van der Waals surface area contributed by atoms with E-state index in [0.717, 1.165) is 17.5 Å². The van der Waals surface area contributed by atoms with Crippen molar-refractivity contribution in [1.82, 2.24) is 0 Å². The van der Waals surface area contributed by atoms with E-state index in [1.807, 2.05) is 6.07 Å². The molecule has 2 nitrogen and oxygen atoms in total. The van der Waals surface area contributed by atoms with Crippen molar-refractivity contribution in [1.29, 1.82) is 10.5 Å². The van der Waals surface area contributed by atoms with E-state index in [1.165, 1.54) is 24.8 Å². The third-order valence-electron chi connectivity index (χ3n) is 3.60. The number of nitriles is 2. The summed E-state index contributed by atoms with van der Waals surface area (Å²) in [6.07, 6.45) is 4.81. The van der Waals surface area contributed by atoms with Crippen LogP contribution >= 0.6 is 0 Å². The van der Waals surface area contributed by atoms with Crippen molar-refractivity contribution < 1.29 is 0 Å². The lowest BCUT2D eigenvalue weighted by molar-refractivity contribution is 0.717. The molecule has 0 aliphatic heterocycles. The number of nitrogens with zero attached hydrogens (tertiary/aromatic N) is 2. The number of hydrogen-bond donors (Lipinski definition) is 0. The standard InChI is InChI=1S/C19H18N2/c1-2-3-4-5-15-6-9-17(10-7-15)19-11-8-16(13-20)12-18(19)14-21/h6-12H,2-5H2,1H3. The van der Waals surface area contributed by atoms with Crippen LogP contribution in [0.15, 0.2) is 42.5 Å². The number of unbranched alkanes of at least 4 members (excludes halogenated alkanes) is 2. The molecule has 0 saturated carbocycles. The van der Waals surface area contributed by atoms with Gasteiger partial charge in [-0.2, -0.15) is 10.5 Å². The lowest BCUT2D eigenvalue weighted by Crippen LogP contribution is -1.89. The van der Waals surface area contributed by atoms with Crippen LogP contribution in [0.2, 0.25) is 0 Å². The molecule has 0 amide bonds. The van der Waals surface area contributed by atoms with Crippen molar-refractivity contribution in [3.63, 3.8) is 0 Å². The molecule has 0 spiro atoms. The van der Waals surface area contributed by atoms with Crippen LogP contribution in [0.5, 0.6) is 0 Å². The van der Waals surface area contributed by atoms with Gasteiger partial charge >= 0.3 is 0 Å². The Labute approximate surface area is 126 Å². The van der Waals surface area contributed by atoms with Gasteiger partial charge in [-0.25, -0.2) is 0 Å². The molecule has 0 aliphatic carbocycles. The minimum absolute atomic E-state index is 0.520. The molecule has 2 heteroatoms. The molecule has 0 unspecified atom stereocenters. The van der Waals surface area contributed by atoms with E-state index in [9.17, 15) is 5.26 Å². The van der Waals surface area contributed by atoms with Crippen LogP contribution in [0.4, 0.5) is 0 Å². The molecule has 0 aliphatic rings. The van der Waals surface area contributed by atoms with Gasteiger partial charge in [-0.3, -0.25) is 0 Å². The van der Waals surface area contributed by atoms with Crippen molar-refractivity contribution in [3.8, 4) is 23.3 Å². The second kappa shape index (κ2) is 7.27. The minimum Gasteiger partial charge on any atom is -0.192 e. The summed E-state index contributed by atoms with van der Waals surface area (Å²) in [7, 11) is 0. The molecule has 2 aromatic carbocycles. The number of benzene rings is 2. The van der Waals surface area contributed by atoms with E-state index in [1.54, 1.807) is 12.1 Å². The fourth-order valence-corrected chi connectivity index (χ4v) is 2.39. The Kier molecular flexibility index (Phi) is 5.13. The maximum Gasteiger partial charge on any atom is 0.0998 e. The van der Waals surface area contributed by atoms with Gasteiger partial charge in [0.25, 0.3) is 0 Å². The second-order valence-electron chi connectivity index (χ2n) is 5.14. The Morgan fingerprint density at radius 2 is 1.67 bits per heavy atom. The maximum atomic E-state index is 9.24. The zero-order valence-electron chi connectivity index (χ0n) is 12.3. The summed E-state index contributed by atoms with van der Waals surface area (Å²) in [5.41, 5.74) is 4.31. The Bertz CT molecular complexity index is 685. The normalized spacial score (nSPS) is 9.86. The van der Waals surface area contributed by atoms with Gasteiger partial charge in [-0.1, -0.05) is 50.1 Å². The molecule has 0 fully saturated rings. The van der Waals surface area contributed by atoms with Gasteiger partial charge in [0.2, 0.25) is 0 Å². The predicted molar refractivity (Wildman–Crippen MR) is 84.5 cm³/mol. The van der Waals surface area contributed by atoms with Gasteiger partial charge in [0.05, 0.1) is 23.3 Å². The highest BCUT2D eigenvalue weighted by Gasteiger charge is 2.06. The van der Waals surface area contributed by atoms with E-state index >= 15 is 0 Å². The lowest BCUT2D eigenvalue weighted by atomic mass is 9.96. The van der Waals surface area contributed by atoms with Gasteiger partial charge in [0.15, 0.2) is 0 Å². The smallest absolute Gasteiger partial charge is 0.0998 e. The molecule has 2 aromatic rings. The van der Waals surface area contributed by atoms with Crippen LogP contribution in [-0.4, -0.2) is 0 Å². The molecule has 0 atom stereocenters. The zero-order valence-corrected chi connectivity index (χ0v) is 12.3. The quantitative estimate of drug-likeness (QED) is 0.733. The number of aryl methyl sites for hydroxylation is 1. The van der Waals surface area contributed by atoms with Crippen LogP contribution in [0.3, 0.4) is 0 Å². The van der Waals surface area contributed by atoms with Crippen molar-refractivity contribution in [2.45, 2.75) is 32.6 Å². The van der Waals surface area contributed by atoms with Crippen molar-refractivity contribution in [2.75, 3.05) is 0 Å². The average Bonchev–Trinajstić information content (AvgIpc) is 2.55. The minimum atomic E-state index is 0.520. The molecule has 0 bridgehead atoms. The SMILES string of the molecule is CCCCCc1ccc(-c2ccc(C#N)cc2C#N)cc1. The maximum absolute atomic E-state index is 9.24. The van der Waals surface area contributed by atoms with Crippen LogP contribution in [0.25, 0.3) is 11.1 Å². The van der Waals surface area contributed by atoms with Gasteiger partial charge in [0, 0.05) is 0 Å². The summed E-state index contributed by atoms with van der Waals surface area (Å²) in [4.78, 5) is 0. The Hall–Kier alpha value is -2.58. The topological polar surface area (TPSA) is 47.6 Å². The largest absolute Gasteiger partial charge is 0.192 e. The second-order valence-corrected chi connectivity index (χ2v) is 5.14. The first-order valence-electron chi connectivity index (χ1n) is 7.32. The monoisotopic (exact) mass is 274 g/mol. The average molecular weight is 274 g/mol. The van der Waals surface area contributed by atoms with E-state index in [4.69, 9.17) is 5.26 Å². The van der Waals surface area contributed by atoms with Gasteiger partial charge < -0.3 is 0 Å². The van der Waals surface area contributed by atoms with Gasteiger partial charge in [0.1, 0.15) is 0 Å². The van der Waals surface area contributed by atoms with Crippen LogP contribution in [0.1, 0.15) is 42.9 Å². The number of hydrogen-bond acceptors (Lipinski definition) is 2. The molecule has 0 aromatic heterocycles. The first kappa shape index (κ1) is 14.8. The first-order chi connectivity index (χ1) is 10.3. The highest BCUT2D eigenvalue weighted by atomic mass is 14.3. The van der Waals surface area contributed by atoms with E-state index in [2.05, 4.69) is 43.3 Å². The van der Waals surface area contributed by atoms with E-state index in [-0.39, 0.29) is 0 Å². The fraction of sp³-hybridized carbons (Fsp3) is 0.263.